The average Bonchev–Trinajstić information content (AvgIpc) is 3.15. The van der Waals surface area contributed by atoms with Crippen LogP contribution in [0.2, 0.25) is 0 Å². The highest BCUT2D eigenvalue weighted by Crippen LogP contribution is 2.39. The van der Waals surface area contributed by atoms with E-state index in [1.165, 1.54) is 0 Å². The Bertz CT molecular complexity index is 974. The van der Waals surface area contributed by atoms with Gasteiger partial charge in [-0.2, -0.15) is 0 Å². The van der Waals surface area contributed by atoms with E-state index in [1.807, 2.05) is 23.1 Å². The molecule has 0 radical (unpaired) electrons. The number of methoxy groups -OCH3 is 2. The first-order valence-corrected chi connectivity index (χ1v) is 10.8. The Labute approximate surface area is 165 Å². The zero-order valence-electron chi connectivity index (χ0n) is 16.1. The predicted molar refractivity (Wildman–Crippen MR) is 107 cm³/mol. The molecule has 0 aliphatic carbocycles. The van der Waals surface area contributed by atoms with E-state index in [4.69, 9.17) is 9.47 Å². The number of likely N-dealkylation sites (tertiary alicyclic amines) is 1. The average molecular weight is 404 g/mol. The van der Waals surface area contributed by atoms with Crippen molar-refractivity contribution in [1.82, 2.24) is 4.90 Å². The van der Waals surface area contributed by atoms with E-state index in [1.54, 1.807) is 38.5 Å². The van der Waals surface area contributed by atoms with E-state index in [9.17, 15) is 13.2 Å². The molecular weight excluding hydrogens is 380 g/mol. The van der Waals surface area contributed by atoms with Crippen molar-refractivity contribution in [2.24, 2.45) is 0 Å². The van der Waals surface area contributed by atoms with Crippen molar-refractivity contribution in [3.8, 4) is 11.5 Å². The number of carbonyl (C=O) groups is 1. The van der Waals surface area contributed by atoms with Crippen molar-refractivity contribution in [3.05, 3.63) is 53.6 Å². The van der Waals surface area contributed by atoms with Gasteiger partial charge < -0.3 is 14.4 Å². The van der Waals surface area contributed by atoms with Gasteiger partial charge in [0.1, 0.15) is 11.5 Å². The number of sulfonamides is 1. The zero-order valence-corrected chi connectivity index (χ0v) is 17.0. The van der Waals surface area contributed by atoms with E-state index >= 15 is 0 Å². The second-order valence-electron chi connectivity index (χ2n) is 6.72. The van der Waals surface area contributed by atoms with Crippen molar-refractivity contribution in [2.45, 2.75) is 18.9 Å². The number of hydrogen-bond donors (Lipinski definition) is 1. The molecular formula is C20H24N2O5S. The van der Waals surface area contributed by atoms with Crippen LogP contribution in [-0.2, 0) is 10.0 Å². The lowest BCUT2D eigenvalue weighted by atomic mass is 10.0. The molecule has 7 nitrogen and oxygen atoms in total. The van der Waals surface area contributed by atoms with Gasteiger partial charge in [-0.3, -0.25) is 9.52 Å². The molecule has 1 saturated heterocycles. The second-order valence-corrected chi connectivity index (χ2v) is 8.47. The lowest BCUT2D eigenvalue weighted by Crippen LogP contribution is -2.30. The van der Waals surface area contributed by atoms with E-state index in [0.717, 1.165) is 24.7 Å². The van der Waals surface area contributed by atoms with Gasteiger partial charge in [-0.1, -0.05) is 6.07 Å². The Hall–Kier alpha value is -2.74. The van der Waals surface area contributed by atoms with Crippen LogP contribution in [-0.4, -0.2) is 46.2 Å². The summed E-state index contributed by atoms with van der Waals surface area (Å²) in [7, 11) is -0.220. The first-order valence-electron chi connectivity index (χ1n) is 8.93. The summed E-state index contributed by atoms with van der Waals surface area (Å²) in [5.74, 6) is 1.23. The lowest BCUT2D eigenvalue weighted by molar-refractivity contribution is 0.0734. The molecule has 1 amide bonds. The maximum absolute atomic E-state index is 13.2. The minimum absolute atomic E-state index is 0.111. The maximum atomic E-state index is 13.2. The molecule has 8 heteroatoms. The Morgan fingerprint density at radius 2 is 1.93 bits per heavy atom. The quantitative estimate of drug-likeness (QED) is 0.800. The summed E-state index contributed by atoms with van der Waals surface area (Å²) >= 11 is 0. The third-order valence-corrected chi connectivity index (χ3v) is 5.33. The van der Waals surface area contributed by atoms with E-state index in [0.29, 0.717) is 29.3 Å². The molecule has 1 fully saturated rings. The SMILES string of the molecule is COc1ccc([C@H]2CCCN2C(=O)c2cccc(NS(C)(=O)=O)c2)c(OC)c1. The first-order chi connectivity index (χ1) is 13.3. The van der Waals surface area contributed by atoms with Crippen LogP contribution in [0.3, 0.4) is 0 Å². The summed E-state index contributed by atoms with van der Waals surface area (Å²) < 4.78 is 36.1. The van der Waals surface area contributed by atoms with Crippen LogP contribution in [0, 0.1) is 0 Å². The number of rotatable bonds is 6. The van der Waals surface area contributed by atoms with Crippen LogP contribution in [0.25, 0.3) is 0 Å². The van der Waals surface area contributed by atoms with Crippen molar-refractivity contribution in [2.75, 3.05) is 31.7 Å². The van der Waals surface area contributed by atoms with Crippen molar-refractivity contribution < 1.29 is 22.7 Å². The van der Waals surface area contributed by atoms with Gasteiger partial charge in [0.15, 0.2) is 0 Å². The normalized spacial score (nSPS) is 16.7. The highest BCUT2D eigenvalue weighted by atomic mass is 32.2. The highest BCUT2D eigenvalue weighted by Gasteiger charge is 2.32. The molecule has 1 heterocycles. The van der Waals surface area contributed by atoms with Crippen molar-refractivity contribution >= 4 is 21.6 Å². The van der Waals surface area contributed by atoms with Gasteiger partial charge in [0, 0.05) is 29.4 Å². The maximum Gasteiger partial charge on any atom is 0.254 e. The van der Waals surface area contributed by atoms with Crippen LogP contribution < -0.4 is 14.2 Å². The summed E-state index contributed by atoms with van der Waals surface area (Å²) in [6.45, 7) is 0.627. The number of ether oxygens (including phenoxy) is 2. The molecule has 1 aliphatic rings. The number of anilines is 1. The number of nitrogens with zero attached hydrogens (tertiary/aromatic N) is 1. The molecule has 2 aromatic rings. The number of hydrogen-bond acceptors (Lipinski definition) is 5. The molecule has 0 saturated carbocycles. The largest absolute Gasteiger partial charge is 0.497 e. The smallest absolute Gasteiger partial charge is 0.254 e. The molecule has 0 aromatic heterocycles. The van der Waals surface area contributed by atoms with Gasteiger partial charge in [-0.15, -0.1) is 0 Å². The predicted octanol–water partition coefficient (Wildman–Crippen LogP) is 3.05. The molecule has 0 spiro atoms. The van der Waals surface area contributed by atoms with Gasteiger partial charge in [0.2, 0.25) is 10.0 Å². The van der Waals surface area contributed by atoms with Gasteiger partial charge in [0.25, 0.3) is 5.91 Å². The fourth-order valence-electron chi connectivity index (χ4n) is 3.52. The first kappa shape index (κ1) is 20.0. The summed E-state index contributed by atoms with van der Waals surface area (Å²) in [4.78, 5) is 15.0. The van der Waals surface area contributed by atoms with E-state index < -0.39 is 10.0 Å². The Kier molecular flexibility index (Phi) is 5.79. The van der Waals surface area contributed by atoms with Gasteiger partial charge in [-0.05, 0) is 43.2 Å². The minimum atomic E-state index is -3.41. The van der Waals surface area contributed by atoms with Gasteiger partial charge in [-0.25, -0.2) is 8.42 Å². The monoisotopic (exact) mass is 404 g/mol. The van der Waals surface area contributed by atoms with Crippen molar-refractivity contribution in [3.63, 3.8) is 0 Å². The Balaban J connectivity index is 1.89. The Morgan fingerprint density at radius 1 is 1.14 bits per heavy atom. The number of carbonyl (C=O) groups excluding carboxylic acids is 1. The van der Waals surface area contributed by atoms with Crippen LogP contribution in [0.4, 0.5) is 5.69 Å². The number of nitrogens with one attached hydrogen (secondary N) is 1. The molecule has 28 heavy (non-hydrogen) atoms. The van der Waals surface area contributed by atoms with Gasteiger partial charge >= 0.3 is 0 Å². The molecule has 1 N–H and O–H groups in total. The summed E-state index contributed by atoms with van der Waals surface area (Å²) in [6.07, 6.45) is 2.79. The minimum Gasteiger partial charge on any atom is -0.497 e. The Morgan fingerprint density at radius 3 is 2.61 bits per heavy atom. The summed E-state index contributed by atoms with van der Waals surface area (Å²) in [5, 5.41) is 0. The van der Waals surface area contributed by atoms with Gasteiger partial charge in [0.05, 0.1) is 26.5 Å². The van der Waals surface area contributed by atoms with Crippen LogP contribution >= 0.6 is 0 Å². The van der Waals surface area contributed by atoms with Crippen LogP contribution in [0.5, 0.6) is 11.5 Å². The van der Waals surface area contributed by atoms with E-state index in [-0.39, 0.29) is 11.9 Å². The molecule has 3 rings (SSSR count). The van der Waals surface area contributed by atoms with Crippen LogP contribution in [0.1, 0.15) is 34.8 Å². The van der Waals surface area contributed by atoms with Crippen molar-refractivity contribution in [1.29, 1.82) is 0 Å². The summed E-state index contributed by atoms with van der Waals surface area (Å²) in [5.41, 5.74) is 1.73. The molecule has 1 atom stereocenters. The highest BCUT2D eigenvalue weighted by molar-refractivity contribution is 7.92. The zero-order chi connectivity index (χ0) is 20.3. The number of amides is 1. The molecule has 150 valence electrons. The number of benzene rings is 2. The third kappa shape index (κ3) is 4.39. The third-order valence-electron chi connectivity index (χ3n) is 4.73. The molecule has 0 unspecified atom stereocenters. The molecule has 0 bridgehead atoms. The fraction of sp³-hybridized carbons (Fsp3) is 0.350. The topological polar surface area (TPSA) is 84.9 Å². The van der Waals surface area contributed by atoms with E-state index in [2.05, 4.69) is 4.72 Å². The van der Waals surface area contributed by atoms with Crippen LogP contribution in [0.15, 0.2) is 42.5 Å². The lowest BCUT2D eigenvalue weighted by Gasteiger charge is -2.27. The molecule has 1 aliphatic heterocycles. The standard InChI is InChI=1S/C20H24N2O5S/c1-26-16-9-10-17(19(13-16)27-2)18-8-5-11-22(18)20(23)14-6-4-7-15(12-14)21-28(3,24)25/h4,6-7,9-10,12-13,18,21H,5,8,11H2,1-3H3/t18-/m1/s1. The summed E-state index contributed by atoms with van der Waals surface area (Å²) in [6, 6.07) is 12.0. The fourth-order valence-corrected chi connectivity index (χ4v) is 4.08. The second kappa shape index (κ2) is 8.10. The molecule has 2 aromatic carbocycles.